The number of pyridine rings is 1. The maximum atomic E-state index is 14.4. The molecule has 2 aromatic heterocycles. The number of carbonyl (C=O) groups excluding carboxylic acids is 1. The summed E-state index contributed by atoms with van der Waals surface area (Å²) < 4.78 is 37.7. The minimum atomic E-state index is -1.32. The quantitative estimate of drug-likeness (QED) is 0.502. The summed E-state index contributed by atoms with van der Waals surface area (Å²) in [6.07, 6.45) is 3.55. The first-order valence-corrected chi connectivity index (χ1v) is 8.07. The van der Waals surface area contributed by atoms with Crippen LogP contribution in [0.5, 0.6) is 5.75 Å². The molecule has 0 aliphatic carbocycles. The lowest BCUT2D eigenvalue weighted by Crippen LogP contribution is -2.11. The second kappa shape index (κ2) is 7.86. The van der Waals surface area contributed by atoms with Crippen molar-refractivity contribution in [2.75, 3.05) is 6.61 Å². The van der Waals surface area contributed by atoms with Crippen LogP contribution < -0.4 is 4.74 Å². The van der Waals surface area contributed by atoms with Gasteiger partial charge in [0.15, 0.2) is 17.4 Å². The molecule has 0 aliphatic heterocycles. The van der Waals surface area contributed by atoms with Gasteiger partial charge < -0.3 is 9.47 Å². The van der Waals surface area contributed by atoms with Crippen LogP contribution in [0.3, 0.4) is 0 Å². The average molecular weight is 371 g/mol. The summed E-state index contributed by atoms with van der Waals surface area (Å²) in [6, 6.07) is 6.06. The molecule has 0 N–H and O–H groups in total. The lowest BCUT2D eigenvalue weighted by molar-refractivity contribution is 0.102. The van der Waals surface area contributed by atoms with Crippen LogP contribution in [0.15, 0.2) is 42.9 Å². The highest BCUT2D eigenvalue weighted by Gasteiger charge is 2.19. The van der Waals surface area contributed by atoms with E-state index >= 15 is 0 Å². The van der Waals surface area contributed by atoms with Crippen molar-refractivity contribution in [1.82, 2.24) is 15.0 Å². The standard InChI is InChI=1S/C19H15F2N3O3/c1-3-26-19(25)27-15-7-6-14(16(20)17(15)21)18-23-9-13(10-24-18)12-5-4-11(2)22-8-12/h4-10H,3H2,1-2H3. The van der Waals surface area contributed by atoms with Crippen molar-refractivity contribution >= 4 is 6.16 Å². The molecule has 8 heteroatoms. The normalized spacial score (nSPS) is 10.5. The molecule has 3 rings (SSSR count). The molecule has 2 heterocycles. The lowest BCUT2D eigenvalue weighted by Gasteiger charge is -2.08. The van der Waals surface area contributed by atoms with Gasteiger partial charge in [-0.25, -0.2) is 19.2 Å². The first kappa shape index (κ1) is 18.4. The molecular weight excluding hydrogens is 356 g/mol. The van der Waals surface area contributed by atoms with Gasteiger partial charge in [-0.15, -0.1) is 0 Å². The molecule has 0 saturated carbocycles. The zero-order valence-electron chi connectivity index (χ0n) is 14.6. The molecule has 0 aliphatic rings. The highest BCUT2D eigenvalue weighted by atomic mass is 19.2. The molecule has 27 heavy (non-hydrogen) atoms. The third-order valence-electron chi connectivity index (χ3n) is 3.64. The van der Waals surface area contributed by atoms with Gasteiger partial charge in [0.2, 0.25) is 5.82 Å². The Morgan fingerprint density at radius 3 is 2.30 bits per heavy atom. The van der Waals surface area contributed by atoms with E-state index in [1.807, 2.05) is 19.1 Å². The monoisotopic (exact) mass is 371 g/mol. The second-order valence-electron chi connectivity index (χ2n) is 5.51. The molecule has 0 radical (unpaired) electrons. The number of nitrogens with zero attached hydrogens (tertiary/aromatic N) is 3. The Hall–Kier alpha value is -3.42. The third kappa shape index (κ3) is 4.05. The number of hydrogen-bond donors (Lipinski definition) is 0. The van der Waals surface area contributed by atoms with Crippen molar-refractivity contribution in [1.29, 1.82) is 0 Å². The molecule has 0 atom stereocenters. The summed E-state index contributed by atoms with van der Waals surface area (Å²) in [5.41, 5.74) is 2.21. The number of aromatic nitrogens is 3. The maximum Gasteiger partial charge on any atom is 0.513 e. The zero-order valence-corrected chi connectivity index (χ0v) is 14.6. The van der Waals surface area contributed by atoms with Crippen LogP contribution in [0.2, 0.25) is 0 Å². The number of carbonyl (C=O) groups is 1. The van der Waals surface area contributed by atoms with E-state index < -0.39 is 23.5 Å². The zero-order chi connectivity index (χ0) is 19.4. The first-order chi connectivity index (χ1) is 13.0. The summed E-state index contributed by atoms with van der Waals surface area (Å²) in [7, 11) is 0. The van der Waals surface area contributed by atoms with Gasteiger partial charge in [-0.3, -0.25) is 4.98 Å². The van der Waals surface area contributed by atoms with Crippen molar-refractivity contribution in [3.05, 3.63) is 60.2 Å². The van der Waals surface area contributed by atoms with Crippen LogP contribution in [0.4, 0.5) is 13.6 Å². The van der Waals surface area contributed by atoms with E-state index in [2.05, 4.69) is 24.4 Å². The Bertz CT molecular complexity index is 961. The van der Waals surface area contributed by atoms with Crippen LogP contribution in [0.25, 0.3) is 22.5 Å². The van der Waals surface area contributed by atoms with Gasteiger partial charge in [0.05, 0.1) is 12.2 Å². The van der Waals surface area contributed by atoms with Gasteiger partial charge in [-0.1, -0.05) is 6.07 Å². The number of ether oxygens (including phenoxy) is 2. The Balaban J connectivity index is 1.87. The fourth-order valence-corrected chi connectivity index (χ4v) is 2.28. The molecule has 0 fully saturated rings. The molecule has 0 saturated heterocycles. The van der Waals surface area contributed by atoms with Crippen molar-refractivity contribution in [3.63, 3.8) is 0 Å². The summed E-state index contributed by atoms with van der Waals surface area (Å²) in [6.45, 7) is 3.49. The number of hydrogen-bond acceptors (Lipinski definition) is 6. The maximum absolute atomic E-state index is 14.4. The number of rotatable bonds is 4. The van der Waals surface area contributed by atoms with E-state index in [0.29, 0.717) is 5.56 Å². The average Bonchev–Trinajstić information content (AvgIpc) is 2.67. The van der Waals surface area contributed by atoms with Crippen LogP contribution in [0.1, 0.15) is 12.6 Å². The minimum absolute atomic E-state index is 0.00194. The number of halogens is 2. The van der Waals surface area contributed by atoms with Gasteiger partial charge in [0, 0.05) is 35.4 Å². The largest absolute Gasteiger partial charge is 0.513 e. The van der Waals surface area contributed by atoms with E-state index in [9.17, 15) is 13.6 Å². The number of aryl methyl sites for hydroxylation is 1. The number of benzene rings is 1. The second-order valence-corrected chi connectivity index (χ2v) is 5.51. The molecule has 0 spiro atoms. The van der Waals surface area contributed by atoms with E-state index in [4.69, 9.17) is 0 Å². The van der Waals surface area contributed by atoms with Crippen LogP contribution in [0, 0.1) is 18.6 Å². The SMILES string of the molecule is CCOC(=O)Oc1ccc(-c2ncc(-c3ccc(C)nc3)cn2)c(F)c1F. The predicted octanol–water partition coefficient (Wildman–Crippen LogP) is 4.33. The van der Waals surface area contributed by atoms with Crippen molar-refractivity contribution < 1.29 is 23.0 Å². The topological polar surface area (TPSA) is 74.2 Å². The highest BCUT2D eigenvalue weighted by Crippen LogP contribution is 2.29. The molecule has 0 bridgehead atoms. The summed E-state index contributed by atoms with van der Waals surface area (Å²) in [5.74, 6) is -3.12. The Kier molecular flexibility index (Phi) is 5.35. The Morgan fingerprint density at radius 1 is 0.963 bits per heavy atom. The van der Waals surface area contributed by atoms with Gasteiger partial charge in [-0.2, -0.15) is 4.39 Å². The first-order valence-electron chi connectivity index (χ1n) is 8.07. The highest BCUT2D eigenvalue weighted by molar-refractivity contribution is 5.66. The van der Waals surface area contributed by atoms with Gasteiger partial charge in [-0.05, 0) is 32.0 Å². The van der Waals surface area contributed by atoms with E-state index in [1.54, 1.807) is 13.1 Å². The Morgan fingerprint density at radius 2 is 1.67 bits per heavy atom. The molecular formula is C19H15F2N3O3. The summed E-state index contributed by atoms with van der Waals surface area (Å²) in [4.78, 5) is 23.6. The summed E-state index contributed by atoms with van der Waals surface area (Å²) in [5, 5.41) is 0. The molecule has 0 unspecified atom stereocenters. The smallest absolute Gasteiger partial charge is 0.434 e. The van der Waals surface area contributed by atoms with Crippen LogP contribution >= 0.6 is 0 Å². The van der Waals surface area contributed by atoms with E-state index in [0.717, 1.165) is 17.3 Å². The third-order valence-corrected chi connectivity index (χ3v) is 3.64. The molecule has 0 amide bonds. The fraction of sp³-hybridized carbons (Fsp3) is 0.158. The van der Waals surface area contributed by atoms with E-state index in [-0.39, 0.29) is 18.0 Å². The van der Waals surface area contributed by atoms with Crippen molar-refractivity contribution in [2.45, 2.75) is 13.8 Å². The van der Waals surface area contributed by atoms with E-state index in [1.165, 1.54) is 18.5 Å². The Labute approximate surface area is 153 Å². The van der Waals surface area contributed by atoms with Crippen molar-refractivity contribution in [2.24, 2.45) is 0 Å². The van der Waals surface area contributed by atoms with Gasteiger partial charge in [0.1, 0.15) is 0 Å². The molecule has 138 valence electrons. The summed E-state index contributed by atoms with van der Waals surface area (Å²) >= 11 is 0. The molecule has 3 aromatic rings. The van der Waals surface area contributed by atoms with Crippen LogP contribution in [-0.2, 0) is 4.74 Å². The molecule has 1 aromatic carbocycles. The lowest BCUT2D eigenvalue weighted by atomic mass is 10.1. The fourth-order valence-electron chi connectivity index (χ4n) is 2.28. The van der Waals surface area contributed by atoms with Crippen LogP contribution in [-0.4, -0.2) is 27.7 Å². The predicted molar refractivity (Wildman–Crippen MR) is 93.0 cm³/mol. The van der Waals surface area contributed by atoms with Crippen molar-refractivity contribution in [3.8, 4) is 28.3 Å². The van der Waals surface area contributed by atoms with Gasteiger partial charge >= 0.3 is 6.16 Å². The minimum Gasteiger partial charge on any atom is -0.434 e. The van der Waals surface area contributed by atoms with Gasteiger partial charge in [0.25, 0.3) is 0 Å². The molecule has 6 nitrogen and oxygen atoms in total.